The topological polar surface area (TPSA) is 124 Å². The Balaban J connectivity index is 1.87. The lowest BCUT2D eigenvalue weighted by atomic mass is 10.2. The van der Waals surface area contributed by atoms with E-state index >= 15 is 0 Å². The van der Waals surface area contributed by atoms with Crippen LogP contribution in [-0.2, 0) is 20.6 Å². The molecule has 34 heavy (non-hydrogen) atoms. The van der Waals surface area contributed by atoms with Gasteiger partial charge < -0.3 is 19.4 Å². The lowest BCUT2D eigenvalue weighted by Gasteiger charge is -2.31. The highest BCUT2D eigenvalue weighted by Crippen LogP contribution is 2.49. The van der Waals surface area contributed by atoms with Crippen LogP contribution in [0.4, 0.5) is 4.79 Å². The molecule has 4 aromatic rings. The van der Waals surface area contributed by atoms with Crippen molar-refractivity contribution < 1.29 is 14.3 Å². The normalized spacial score (nSPS) is 17.8. The van der Waals surface area contributed by atoms with E-state index < -0.39 is 22.6 Å². The fraction of sp³-hybridized carbons (Fsp3) is 0.333. The smallest absolute Gasteiger partial charge is 0.404 e. The predicted molar refractivity (Wildman–Crippen MR) is 131 cm³/mol. The third-order valence-electron chi connectivity index (χ3n) is 5.82. The van der Waals surface area contributed by atoms with Crippen LogP contribution in [0, 0.1) is 6.92 Å². The second-order valence-electron chi connectivity index (χ2n) is 8.03. The molecule has 13 heteroatoms. The van der Waals surface area contributed by atoms with E-state index in [9.17, 15) is 14.4 Å². The number of hydrogen-bond acceptors (Lipinski definition) is 7. The predicted octanol–water partition coefficient (Wildman–Crippen LogP) is 3.19. The molecule has 0 fully saturated rings. The summed E-state index contributed by atoms with van der Waals surface area (Å²) in [4.78, 5) is 42.2. The van der Waals surface area contributed by atoms with Gasteiger partial charge in [0.2, 0.25) is 0 Å². The van der Waals surface area contributed by atoms with Gasteiger partial charge in [0.15, 0.2) is 5.22 Å². The van der Waals surface area contributed by atoms with E-state index in [2.05, 4.69) is 10.3 Å². The van der Waals surface area contributed by atoms with Crippen LogP contribution in [0.25, 0.3) is 21.6 Å². The lowest BCUT2D eigenvalue weighted by Crippen LogP contribution is -2.37. The molecular formula is C21H20ClN5O5S2. The van der Waals surface area contributed by atoms with Gasteiger partial charge in [-0.3, -0.25) is 13.9 Å². The van der Waals surface area contributed by atoms with Crippen molar-refractivity contribution in [2.24, 2.45) is 14.1 Å². The molecule has 0 saturated carbocycles. The van der Waals surface area contributed by atoms with Crippen LogP contribution in [0.1, 0.15) is 22.4 Å². The van der Waals surface area contributed by atoms with E-state index in [1.165, 1.54) is 34.7 Å². The molecule has 0 aliphatic carbocycles. The molecule has 2 N–H and O–H groups in total. The second kappa shape index (κ2) is 8.36. The molecule has 1 aliphatic heterocycles. The summed E-state index contributed by atoms with van der Waals surface area (Å²) in [7, 11) is 3.09. The van der Waals surface area contributed by atoms with E-state index in [1.54, 1.807) is 19.2 Å². The summed E-state index contributed by atoms with van der Waals surface area (Å²) in [5.41, 5.74) is 1.80. The number of aryl methyl sites for hydroxylation is 2. The second-order valence-corrected chi connectivity index (χ2v) is 10.7. The number of thiazole rings is 1. The molecule has 0 unspecified atom stereocenters. The van der Waals surface area contributed by atoms with Crippen LogP contribution in [0.2, 0.25) is 5.22 Å². The highest BCUT2D eigenvalue weighted by molar-refractivity contribution is 8.00. The molecule has 0 radical (unpaired) electrons. The summed E-state index contributed by atoms with van der Waals surface area (Å²) in [6.45, 7) is 2.47. The van der Waals surface area contributed by atoms with Crippen LogP contribution in [0.5, 0.6) is 0 Å². The number of nitrogens with one attached hydrogen (secondary N) is 1. The summed E-state index contributed by atoms with van der Waals surface area (Å²) in [5.74, 6) is 0.547. The molecule has 2 atom stereocenters. The van der Waals surface area contributed by atoms with Crippen molar-refractivity contribution >= 4 is 51.7 Å². The van der Waals surface area contributed by atoms with Gasteiger partial charge in [0, 0.05) is 43.5 Å². The number of halogens is 1. The Bertz CT molecular complexity index is 1560. The summed E-state index contributed by atoms with van der Waals surface area (Å²) in [6.07, 6.45) is -1.12. The maximum absolute atomic E-state index is 13.4. The number of fused-ring (bicyclic) bond motifs is 3. The average molecular weight is 522 g/mol. The summed E-state index contributed by atoms with van der Waals surface area (Å²) in [5, 5.41) is 14.2. The van der Waals surface area contributed by atoms with Gasteiger partial charge in [0.1, 0.15) is 16.0 Å². The molecule has 0 spiro atoms. The van der Waals surface area contributed by atoms with Crippen molar-refractivity contribution in [3.05, 3.63) is 60.7 Å². The number of thioether (sulfide) groups is 1. The molecule has 1 amide bonds. The maximum atomic E-state index is 13.4. The minimum atomic E-state index is -1.12. The van der Waals surface area contributed by atoms with Crippen molar-refractivity contribution in [2.75, 3.05) is 6.54 Å². The molecule has 178 valence electrons. The molecule has 1 aliphatic rings. The SMILES string of the molecule is Cc1csc(-c2c3c(=O)n(C)c(=O)n(C)c3c3n2C[C@@H](CNC(=O)O)S[C@H]3c2ccc(Cl)o2)n1. The van der Waals surface area contributed by atoms with Gasteiger partial charge in [-0.15, -0.1) is 23.1 Å². The van der Waals surface area contributed by atoms with Crippen LogP contribution in [0.3, 0.4) is 0 Å². The molecule has 0 aromatic carbocycles. The van der Waals surface area contributed by atoms with Crippen molar-refractivity contribution in [1.29, 1.82) is 0 Å². The fourth-order valence-electron chi connectivity index (χ4n) is 4.37. The molecule has 5 rings (SSSR count). The maximum Gasteiger partial charge on any atom is 0.404 e. The Morgan fingerprint density at radius 1 is 1.32 bits per heavy atom. The lowest BCUT2D eigenvalue weighted by molar-refractivity contribution is 0.194. The minimum Gasteiger partial charge on any atom is -0.465 e. The molecule has 10 nitrogen and oxygen atoms in total. The Hall–Kier alpha value is -2.96. The number of aromatic nitrogens is 4. The Morgan fingerprint density at radius 3 is 2.71 bits per heavy atom. The molecular weight excluding hydrogens is 502 g/mol. The third kappa shape index (κ3) is 3.56. The quantitative estimate of drug-likeness (QED) is 0.422. The van der Waals surface area contributed by atoms with Crippen molar-refractivity contribution in [2.45, 2.75) is 24.0 Å². The zero-order valence-electron chi connectivity index (χ0n) is 18.4. The van der Waals surface area contributed by atoms with Gasteiger partial charge in [0.25, 0.3) is 5.56 Å². The number of carbonyl (C=O) groups is 1. The standard InChI is InChI=1S/C21H20ClN5O5S2/c1-9-8-33-18(24-9)15-13-14(25(2)21(31)26(3)19(13)28)16-17(11-4-5-12(22)32-11)34-10(7-27(15)16)6-23-20(29)30/h4-5,8,10,17,23H,6-7H2,1-3H3,(H,29,30)/t10-,17+/m1/s1. The zero-order valence-corrected chi connectivity index (χ0v) is 20.8. The van der Waals surface area contributed by atoms with E-state index in [4.69, 9.17) is 21.1 Å². The van der Waals surface area contributed by atoms with E-state index in [1.807, 2.05) is 16.9 Å². The van der Waals surface area contributed by atoms with E-state index in [0.29, 0.717) is 33.9 Å². The number of rotatable bonds is 4. The molecule has 0 saturated heterocycles. The Kier molecular flexibility index (Phi) is 5.61. The van der Waals surface area contributed by atoms with Crippen molar-refractivity contribution in [1.82, 2.24) is 24.0 Å². The number of hydrogen-bond donors (Lipinski definition) is 2. The van der Waals surface area contributed by atoms with Crippen molar-refractivity contribution in [3.8, 4) is 10.7 Å². The van der Waals surface area contributed by atoms with Gasteiger partial charge in [-0.1, -0.05) is 0 Å². The number of amides is 1. The van der Waals surface area contributed by atoms with Gasteiger partial charge in [-0.2, -0.15) is 0 Å². The highest BCUT2D eigenvalue weighted by atomic mass is 35.5. The number of furan rings is 1. The van der Waals surface area contributed by atoms with E-state index in [0.717, 1.165) is 16.0 Å². The minimum absolute atomic E-state index is 0.181. The molecule has 5 heterocycles. The number of carboxylic acid groups (broad SMARTS) is 1. The highest BCUT2D eigenvalue weighted by Gasteiger charge is 2.38. The fourth-order valence-corrected chi connectivity index (χ4v) is 6.81. The third-order valence-corrected chi connectivity index (χ3v) is 8.42. The van der Waals surface area contributed by atoms with Gasteiger partial charge in [0.05, 0.1) is 22.3 Å². The first-order chi connectivity index (χ1) is 16.2. The summed E-state index contributed by atoms with van der Waals surface area (Å²) >= 11 is 8.99. The largest absolute Gasteiger partial charge is 0.465 e. The van der Waals surface area contributed by atoms with Crippen LogP contribution >= 0.6 is 34.7 Å². The van der Waals surface area contributed by atoms with Crippen LogP contribution in [-0.4, -0.2) is 41.7 Å². The van der Waals surface area contributed by atoms with Crippen LogP contribution in [0.15, 0.2) is 31.5 Å². The zero-order chi connectivity index (χ0) is 24.3. The molecule has 4 aromatic heterocycles. The van der Waals surface area contributed by atoms with Gasteiger partial charge in [-0.05, 0) is 30.7 Å². The monoisotopic (exact) mass is 521 g/mol. The van der Waals surface area contributed by atoms with E-state index in [-0.39, 0.29) is 17.0 Å². The van der Waals surface area contributed by atoms with Gasteiger partial charge in [-0.25, -0.2) is 14.6 Å². The average Bonchev–Trinajstić information content (AvgIpc) is 3.50. The summed E-state index contributed by atoms with van der Waals surface area (Å²) in [6, 6.07) is 3.39. The first-order valence-corrected chi connectivity index (χ1v) is 12.5. The number of nitrogens with zero attached hydrogens (tertiary/aromatic N) is 4. The first-order valence-electron chi connectivity index (χ1n) is 10.3. The Morgan fingerprint density at radius 2 is 2.09 bits per heavy atom. The van der Waals surface area contributed by atoms with Gasteiger partial charge >= 0.3 is 11.8 Å². The summed E-state index contributed by atoms with van der Waals surface area (Å²) < 4.78 is 10.3. The molecule has 0 bridgehead atoms. The van der Waals surface area contributed by atoms with Crippen LogP contribution < -0.4 is 16.6 Å². The Labute approximate surface area is 205 Å². The first kappa shape index (κ1) is 22.8. The van der Waals surface area contributed by atoms with Crippen molar-refractivity contribution in [3.63, 3.8) is 0 Å².